The molecule has 1 aliphatic rings. The van der Waals surface area contributed by atoms with Gasteiger partial charge in [-0.2, -0.15) is 18.4 Å². The molecule has 1 N–H and O–H groups in total. The second-order valence-corrected chi connectivity index (χ2v) is 11.8. The first-order valence-electron chi connectivity index (χ1n) is 12.0. The van der Waals surface area contributed by atoms with Gasteiger partial charge < -0.3 is 5.32 Å². The molecule has 4 rings (SSSR count). The van der Waals surface area contributed by atoms with Gasteiger partial charge in [0.25, 0.3) is 0 Å². The minimum absolute atomic E-state index is 0.132. The molecule has 37 heavy (non-hydrogen) atoms. The van der Waals surface area contributed by atoms with Gasteiger partial charge in [-0.1, -0.05) is 69.3 Å². The van der Waals surface area contributed by atoms with Crippen molar-refractivity contribution in [2.24, 2.45) is 11.3 Å². The number of aromatic nitrogens is 2. The lowest BCUT2D eigenvalue weighted by Gasteiger charge is -2.36. The molecular formula is C27H27F3N4OS2. The SMILES string of the molecule is CCC(C)(C)[C@H]1CCc2c(sc(NC(=O)CSc3nc(-c4ccccc4)cc(C(F)(F)F)n3)c2C#N)C1. The van der Waals surface area contributed by atoms with Crippen LogP contribution in [0.5, 0.6) is 0 Å². The second kappa shape index (κ2) is 10.8. The highest BCUT2D eigenvalue weighted by molar-refractivity contribution is 7.99. The molecule has 0 spiro atoms. The summed E-state index contributed by atoms with van der Waals surface area (Å²) in [5.74, 6) is -0.104. The van der Waals surface area contributed by atoms with E-state index < -0.39 is 17.8 Å². The topological polar surface area (TPSA) is 78.7 Å². The number of thiophene rings is 1. The minimum Gasteiger partial charge on any atom is -0.316 e. The average Bonchev–Trinajstić information content (AvgIpc) is 3.23. The summed E-state index contributed by atoms with van der Waals surface area (Å²) in [6.45, 7) is 6.71. The molecule has 0 bridgehead atoms. The number of rotatable bonds is 7. The summed E-state index contributed by atoms with van der Waals surface area (Å²) in [5.41, 5.74) is 1.28. The van der Waals surface area contributed by atoms with E-state index in [0.29, 0.717) is 22.0 Å². The highest BCUT2D eigenvalue weighted by Gasteiger charge is 2.35. The molecule has 10 heteroatoms. The van der Waals surface area contributed by atoms with Crippen molar-refractivity contribution in [1.29, 1.82) is 5.26 Å². The Bertz CT molecular complexity index is 1330. The van der Waals surface area contributed by atoms with Gasteiger partial charge in [-0.05, 0) is 42.2 Å². The summed E-state index contributed by atoms with van der Waals surface area (Å²) in [7, 11) is 0. The third-order valence-electron chi connectivity index (χ3n) is 7.04. The molecule has 1 atom stereocenters. The molecule has 1 amide bonds. The average molecular weight is 545 g/mol. The van der Waals surface area contributed by atoms with Gasteiger partial charge in [0.05, 0.1) is 17.0 Å². The summed E-state index contributed by atoms with van der Waals surface area (Å²) in [5, 5.41) is 12.9. The van der Waals surface area contributed by atoms with Crippen molar-refractivity contribution in [2.45, 2.75) is 57.8 Å². The van der Waals surface area contributed by atoms with Gasteiger partial charge in [0.15, 0.2) is 5.16 Å². The van der Waals surface area contributed by atoms with Crippen molar-refractivity contribution in [2.75, 3.05) is 11.1 Å². The highest BCUT2D eigenvalue weighted by atomic mass is 32.2. The van der Waals surface area contributed by atoms with E-state index >= 15 is 0 Å². The van der Waals surface area contributed by atoms with E-state index in [1.54, 1.807) is 30.3 Å². The number of hydrogen-bond acceptors (Lipinski definition) is 6. The van der Waals surface area contributed by atoms with Crippen LogP contribution in [0.1, 0.15) is 55.3 Å². The van der Waals surface area contributed by atoms with Gasteiger partial charge >= 0.3 is 6.18 Å². The van der Waals surface area contributed by atoms with Crippen LogP contribution in [0.4, 0.5) is 18.2 Å². The number of carbonyl (C=O) groups is 1. The molecule has 0 aliphatic heterocycles. The van der Waals surface area contributed by atoms with E-state index in [0.717, 1.165) is 54.0 Å². The van der Waals surface area contributed by atoms with Crippen LogP contribution < -0.4 is 5.32 Å². The van der Waals surface area contributed by atoms with Crippen LogP contribution in [0.15, 0.2) is 41.6 Å². The smallest absolute Gasteiger partial charge is 0.316 e. The number of amides is 1. The molecule has 0 radical (unpaired) electrons. The van der Waals surface area contributed by atoms with Crippen LogP contribution in [0.2, 0.25) is 0 Å². The Balaban J connectivity index is 1.50. The zero-order valence-electron chi connectivity index (χ0n) is 20.8. The van der Waals surface area contributed by atoms with Crippen LogP contribution in [-0.4, -0.2) is 21.6 Å². The summed E-state index contributed by atoms with van der Waals surface area (Å²) in [6.07, 6.45) is -0.909. The maximum atomic E-state index is 13.5. The summed E-state index contributed by atoms with van der Waals surface area (Å²) < 4.78 is 40.4. The largest absolute Gasteiger partial charge is 0.433 e. The lowest BCUT2D eigenvalue weighted by atomic mass is 9.69. The van der Waals surface area contributed by atoms with Crippen molar-refractivity contribution >= 4 is 34.0 Å². The molecule has 0 unspecified atom stereocenters. The van der Waals surface area contributed by atoms with E-state index in [9.17, 15) is 23.2 Å². The number of nitrogens with one attached hydrogen (secondary N) is 1. The third kappa shape index (κ3) is 6.16. The zero-order valence-corrected chi connectivity index (χ0v) is 22.4. The second-order valence-electron chi connectivity index (χ2n) is 9.72. The Morgan fingerprint density at radius 1 is 1.24 bits per heavy atom. The molecule has 0 fully saturated rings. The Morgan fingerprint density at radius 3 is 2.62 bits per heavy atom. The standard InChI is InChI=1S/C27H27F3N4OS2/c1-4-26(2,3)17-10-11-18-19(14-31)24(37-21(18)12-17)34-23(35)15-36-25-32-20(16-8-6-5-7-9-16)13-22(33-25)27(28,29)30/h5-9,13,17H,4,10-12,15H2,1-3H3,(H,34,35)/t17-/m0/s1. The quantitative estimate of drug-likeness (QED) is 0.248. The lowest BCUT2D eigenvalue weighted by molar-refractivity contribution is -0.141. The summed E-state index contributed by atoms with van der Waals surface area (Å²) >= 11 is 2.26. The van der Waals surface area contributed by atoms with Crippen molar-refractivity contribution < 1.29 is 18.0 Å². The molecule has 0 saturated heterocycles. The van der Waals surface area contributed by atoms with Crippen LogP contribution in [-0.2, 0) is 23.8 Å². The molecule has 194 valence electrons. The van der Waals surface area contributed by atoms with Gasteiger partial charge in [-0.3, -0.25) is 4.79 Å². The number of hydrogen-bond donors (Lipinski definition) is 1. The van der Waals surface area contributed by atoms with E-state index in [-0.39, 0.29) is 22.0 Å². The maximum Gasteiger partial charge on any atom is 0.433 e. The predicted octanol–water partition coefficient (Wildman–Crippen LogP) is 7.37. The van der Waals surface area contributed by atoms with E-state index in [2.05, 4.69) is 42.1 Å². The summed E-state index contributed by atoms with van der Waals surface area (Å²) in [4.78, 5) is 21.8. The number of alkyl halides is 3. The number of benzene rings is 1. The van der Waals surface area contributed by atoms with Crippen LogP contribution in [0.3, 0.4) is 0 Å². The number of nitriles is 1. The number of anilines is 1. The molecule has 0 saturated carbocycles. The molecule has 2 aromatic heterocycles. The van der Waals surface area contributed by atoms with Gasteiger partial charge in [0, 0.05) is 10.4 Å². The first kappa shape index (κ1) is 27.1. The number of carbonyl (C=O) groups excluding carboxylic acids is 1. The maximum absolute atomic E-state index is 13.5. The summed E-state index contributed by atoms with van der Waals surface area (Å²) in [6, 6.07) is 11.7. The van der Waals surface area contributed by atoms with Gasteiger partial charge in [0.2, 0.25) is 5.91 Å². The van der Waals surface area contributed by atoms with Crippen molar-refractivity contribution in [3.05, 3.63) is 58.1 Å². The molecule has 2 heterocycles. The van der Waals surface area contributed by atoms with Crippen LogP contribution in [0, 0.1) is 22.7 Å². The van der Waals surface area contributed by atoms with Gasteiger partial charge in [0.1, 0.15) is 16.8 Å². The fourth-order valence-electron chi connectivity index (χ4n) is 4.43. The highest BCUT2D eigenvalue weighted by Crippen LogP contribution is 2.45. The molecule has 5 nitrogen and oxygen atoms in total. The van der Waals surface area contributed by atoms with Crippen molar-refractivity contribution in [3.63, 3.8) is 0 Å². The number of halogens is 3. The van der Waals surface area contributed by atoms with Gasteiger partial charge in [-0.25, -0.2) is 9.97 Å². The van der Waals surface area contributed by atoms with Gasteiger partial charge in [-0.15, -0.1) is 11.3 Å². The Hall–Kier alpha value is -2.90. The first-order valence-corrected chi connectivity index (χ1v) is 13.8. The molecular weight excluding hydrogens is 517 g/mol. The Labute approximate surface area is 222 Å². The van der Waals surface area contributed by atoms with E-state index in [1.807, 2.05) is 0 Å². The van der Waals surface area contributed by atoms with Crippen molar-refractivity contribution in [1.82, 2.24) is 9.97 Å². The zero-order chi connectivity index (χ0) is 26.8. The molecule has 1 aliphatic carbocycles. The third-order valence-corrected chi connectivity index (χ3v) is 9.06. The predicted molar refractivity (Wildman–Crippen MR) is 140 cm³/mol. The normalized spacial score (nSPS) is 15.6. The van der Waals surface area contributed by atoms with E-state index in [1.165, 1.54) is 11.3 Å². The molecule has 3 aromatic rings. The fraction of sp³-hybridized carbons (Fsp3) is 0.407. The fourth-order valence-corrected chi connectivity index (χ4v) is 6.38. The number of nitrogens with zero attached hydrogens (tertiary/aromatic N) is 3. The van der Waals surface area contributed by atoms with Crippen LogP contribution >= 0.6 is 23.1 Å². The number of fused-ring (bicyclic) bond motifs is 1. The first-order chi connectivity index (χ1) is 17.5. The minimum atomic E-state index is -4.65. The van der Waals surface area contributed by atoms with E-state index in [4.69, 9.17) is 0 Å². The van der Waals surface area contributed by atoms with Crippen LogP contribution in [0.25, 0.3) is 11.3 Å². The number of thioether (sulfide) groups is 1. The lowest BCUT2D eigenvalue weighted by Crippen LogP contribution is -2.28. The van der Waals surface area contributed by atoms with Crippen molar-refractivity contribution in [3.8, 4) is 17.3 Å². The Morgan fingerprint density at radius 2 is 1.97 bits per heavy atom. The monoisotopic (exact) mass is 544 g/mol. The molecule has 1 aromatic carbocycles. The Kier molecular flexibility index (Phi) is 7.95.